The highest BCUT2D eigenvalue weighted by Gasteiger charge is 2.10. The molecule has 0 aromatic carbocycles. The summed E-state index contributed by atoms with van der Waals surface area (Å²) in [6.07, 6.45) is 1.97. The van der Waals surface area contributed by atoms with Gasteiger partial charge in [-0.05, 0) is 32.0 Å². The van der Waals surface area contributed by atoms with Gasteiger partial charge >= 0.3 is 0 Å². The molecule has 0 spiro atoms. The molecule has 1 aromatic heterocycles. The predicted octanol–water partition coefficient (Wildman–Crippen LogP) is 2.05. The molecule has 1 N–H and O–H groups in total. The summed E-state index contributed by atoms with van der Waals surface area (Å²) in [6.45, 7) is 11.0. The molecule has 1 rings (SSSR count). The Hall–Kier alpha value is -0.970. The van der Waals surface area contributed by atoms with Crippen molar-refractivity contribution in [1.82, 2.24) is 15.2 Å². The minimum Gasteiger partial charge on any atom is -0.383 e. The fourth-order valence-corrected chi connectivity index (χ4v) is 1.86. The van der Waals surface area contributed by atoms with Crippen LogP contribution >= 0.6 is 0 Å². The van der Waals surface area contributed by atoms with E-state index >= 15 is 0 Å². The summed E-state index contributed by atoms with van der Waals surface area (Å²) < 4.78 is 5.15. The number of aromatic nitrogens is 1. The Kier molecular flexibility index (Phi) is 7.63. The lowest BCUT2D eigenvalue weighted by Gasteiger charge is -2.25. The first-order chi connectivity index (χ1) is 9.17. The van der Waals surface area contributed by atoms with Crippen LogP contribution in [0.2, 0.25) is 0 Å². The number of nitrogens with zero attached hydrogens (tertiary/aromatic N) is 2. The van der Waals surface area contributed by atoms with E-state index in [1.807, 2.05) is 6.20 Å². The molecule has 0 aliphatic rings. The zero-order chi connectivity index (χ0) is 14.1. The first-order valence-corrected chi connectivity index (χ1v) is 7.04. The highest BCUT2D eigenvalue weighted by Crippen LogP contribution is 2.07. The highest BCUT2D eigenvalue weighted by molar-refractivity contribution is 5.14. The number of pyridine rings is 1. The van der Waals surface area contributed by atoms with Crippen LogP contribution in [-0.2, 0) is 17.8 Å². The Bertz CT molecular complexity index is 338. The molecule has 0 unspecified atom stereocenters. The first-order valence-electron chi connectivity index (χ1n) is 7.04. The summed E-state index contributed by atoms with van der Waals surface area (Å²) in [4.78, 5) is 6.91. The molecule has 0 saturated heterocycles. The van der Waals surface area contributed by atoms with Crippen molar-refractivity contribution in [3.8, 4) is 0 Å². The summed E-state index contributed by atoms with van der Waals surface area (Å²) in [7, 11) is 1.74. The fraction of sp³-hybridized carbons (Fsp3) is 0.667. The normalized spacial score (nSPS) is 11.5. The third kappa shape index (κ3) is 6.14. The van der Waals surface area contributed by atoms with E-state index in [-0.39, 0.29) is 0 Å². The lowest BCUT2D eigenvalue weighted by molar-refractivity contribution is 0.124. The molecule has 0 fully saturated rings. The molecule has 1 heterocycles. The van der Waals surface area contributed by atoms with Crippen LogP contribution in [0.1, 0.15) is 32.0 Å². The predicted molar refractivity (Wildman–Crippen MR) is 79.0 cm³/mol. The molecule has 0 aliphatic heterocycles. The molecular formula is C15H27N3O. The van der Waals surface area contributed by atoms with Crippen molar-refractivity contribution < 1.29 is 4.74 Å². The second-order valence-electron chi connectivity index (χ2n) is 5.00. The molecule has 0 bridgehead atoms. The van der Waals surface area contributed by atoms with Gasteiger partial charge < -0.3 is 10.1 Å². The summed E-state index contributed by atoms with van der Waals surface area (Å²) in [6, 6.07) is 4.77. The Morgan fingerprint density at radius 3 is 2.68 bits per heavy atom. The van der Waals surface area contributed by atoms with Crippen LogP contribution in [0.15, 0.2) is 18.3 Å². The van der Waals surface area contributed by atoms with Gasteiger partial charge in [0.15, 0.2) is 0 Å². The number of hydrogen-bond acceptors (Lipinski definition) is 4. The van der Waals surface area contributed by atoms with Crippen LogP contribution in [0, 0.1) is 0 Å². The number of nitrogens with one attached hydrogen (secondary N) is 1. The lowest BCUT2D eigenvalue weighted by atomic mass is 10.2. The summed E-state index contributed by atoms with van der Waals surface area (Å²) >= 11 is 0. The largest absolute Gasteiger partial charge is 0.383 e. The molecule has 0 atom stereocenters. The van der Waals surface area contributed by atoms with E-state index in [0.29, 0.717) is 6.04 Å². The molecular weight excluding hydrogens is 238 g/mol. The third-order valence-corrected chi connectivity index (χ3v) is 3.14. The molecule has 4 heteroatoms. The molecule has 108 valence electrons. The van der Waals surface area contributed by atoms with Crippen molar-refractivity contribution in [2.45, 2.75) is 39.9 Å². The molecule has 4 nitrogen and oxygen atoms in total. The Labute approximate surface area is 117 Å². The minimum absolute atomic E-state index is 0.499. The highest BCUT2D eigenvalue weighted by atomic mass is 16.5. The minimum atomic E-state index is 0.499. The van der Waals surface area contributed by atoms with E-state index in [1.165, 1.54) is 5.56 Å². The van der Waals surface area contributed by atoms with Gasteiger partial charge in [-0.2, -0.15) is 0 Å². The van der Waals surface area contributed by atoms with Crippen molar-refractivity contribution in [1.29, 1.82) is 0 Å². The van der Waals surface area contributed by atoms with Crippen LogP contribution in [0.3, 0.4) is 0 Å². The zero-order valence-corrected chi connectivity index (χ0v) is 12.6. The third-order valence-electron chi connectivity index (χ3n) is 3.14. The monoisotopic (exact) mass is 265 g/mol. The van der Waals surface area contributed by atoms with Gasteiger partial charge in [0.05, 0.1) is 12.3 Å². The van der Waals surface area contributed by atoms with Crippen molar-refractivity contribution >= 4 is 0 Å². The van der Waals surface area contributed by atoms with E-state index in [1.54, 1.807) is 7.11 Å². The summed E-state index contributed by atoms with van der Waals surface area (Å²) in [5, 5.41) is 3.30. The molecule has 19 heavy (non-hydrogen) atoms. The summed E-state index contributed by atoms with van der Waals surface area (Å²) in [5.74, 6) is 0. The van der Waals surface area contributed by atoms with Crippen molar-refractivity contribution in [3.05, 3.63) is 29.6 Å². The first kappa shape index (κ1) is 16.1. The fourth-order valence-electron chi connectivity index (χ4n) is 1.86. The van der Waals surface area contributed by atoms with Gasteiger partial charge in [-0.15, -0.1) is 0 Å². The number of hydrogen-bond donors (Lipinski definition) is 1. The molecule has 0 amide bonds. The molecule has 1 aromatic rings. The van der Waals surface area contributed by atoms with E-state index in [4.69, 9.17) is 4.74 Å². The Balaban J connectivity index is 2.54. The average Bonchev–Trinajstić information content (AvgIpc) is 2.42. The second kappa shape index (κ2) is 9.02. The van der Waals surface area contributed by atoms with Crippen LogP contribution in [0.4, 0.5) is 0 Å². The summed E-state index contributed by atoms with van der Waals surface area (Å²) in [5.41, 5.74) is 2.35. The van der Waals surface area contributed by atoms with Crippen LogP contribution < -0.4 is 5.32 Å². The Morgan fingerprint density at radius 1 is 1.37 bits per heavy atom. The number of rotatable bonds is 9. The Morgan fingerprint density at radius 2 is 2.16 bits per heavy atom. The van der Waals surface area contributed by atoms with Gasteiger partial charge in [0.1, 0.15) is 0 Å². The van der Waals surface area contributed by atoms with Crippen molar-refractivity contribution in [3.63, 3.8) is 0 Å². The van der Waals surface area contributed by atoms with Crippen molar-refractivity contribution in [2.75, 3.05) is 26.8 Å². The second-order valence-corrected chi connectivity index (χ2v) is 5.00. The van der Waals surface area contributed by atoms with Gasteiger partial charge in [-0.3, -0.25) is 9.88 Å². The van der Waals surface area contributed by atoms with Gasteiger partial charge in [0, 0.05) is 39.0 Å². The van der Waals surface area contributed by atoms with E-state index < -0.39 is 0 Å². The average molecular weight is 265 g/mol. The quantitative estimate of drug-likeness (QED) is 0.741. The topological polar surface area (TPSA) is 37.4 Å². The van der Waals surface area contributed by atoms with E-state index in [9.17, 15) is 0 Å². The maximum atomic E-state index is 5.15. The van der Waals surface area contributed by atoms with E-state index in [0.717, 1.165) is 38.5 Å². The van der Waals surface area contributed by atoms with Gasteiger partial charge in [0.25, 0.3) is 0 Å². The number of ether oxygens (including phenoxy) is 1. The molecule has 0 aliphatic carbocycles. The van der Waals surface area contributed by atoms with Gasteiger partial charge in [-0.25, -0.2) is 0 Å². The number of methoxy groups -OCH3 is 1. The van der Waals surface area contributed by atoms with Crippen LogP contribution in [0.5, 0.6) is 0 Å². The molecule has 0 radical (unpaired) electrons. The SMILES string of the molecule is CCNCc1ccc(CN(CCOC)C(C)C)nc1. The molecule has 0 saturated carbocycles. The van der Waals surface area contributed by atoms with Gasteiger partial charge in [0.2, 0.25) is 0 Å². The maximum Gasteiger partial charge on any atom is 0.0589 e. The van der Waals surface area contributed by atoms with E-state index in [2.05, 4.69) is 48.1 Å². The lowest BCUT2D eigenvalue weighted by Crippen LogP contribution is -2.33. The van der Waals surface area contributed by atoms with Crippen molar-refractivity contribution in [2.24, 2.45) is 0 Å². The van der Waals surface area contributed by atoms with Gasteiger partial charge in [-0.1, -0.05) is 13.0 Å². The smallest absolute Gasteiger partial charge is 0.0589 e. The van der Waals surface area contributed by atoms with Crippen LogP contribution in [-0.4, -0.2) is 42.7 Å². The maximum absolute atomic E-state index is 5.15. The van der Waals surface area contributed by atoms with Crippen LogP contribution in [0.25, 0.3) is 0 Å². The standard InChI is InChI=1S/C15H27N3O/c1-5-16-10-14-6-7-15(17-11-14)12-18(13(2)3)8-9-19-4/h6-7,11,13,16H,5,8-10,12H2,1-4H3. The zero-order valence-electron chi connectivity index (χ0n) is 12.6.